The van der Waals surface area contributed by atoms with Crippen molar-refractivity contribution in [2.75, 3.05) is 26.0 Å². The van der Waals surface area contributed by atoms with Gasteiger partial charge in [0.1, 0.15) is 10.9 Å². The highest BCUT2D eigenvalue weighted by molar-refractivity contribution is 7.89. The van der Waals surface area contributed by atoms with Crippen molar-refractivity contribution in [1.29, 1.82) is 0 Å². The van der Waals surface area contributed by atoms with E-state index in [0.29, 0.717) is 0 Å². The first-order valence-corrected chi connectivity index (χ1v) is 11.4. The molecule has 0 spiro atoms. The summed E-state index contributed by atoms with van der Waals surface area (Å²) in [6.45, 7) is 0.601. The molecule has 1 unspecified atom stereocenters. The molecule has 0 bridgehead atoms. The maximum atomic E-state index is 12.5. The standard InChI is InChI=1S/C21H20ClN3O7S/c1-12(25-19(27)14-6-4-5-7-15(14)20(25)28)21(29)32-11-18(26)23-13-8-9-16(22)17(10-13)33(30,31)24(2)3/h4-10,12H,11H2,1-3H3,(H,23,26). The number of halogens is 1. The molecule has 3 amide bonds. The van der Waals surface area contributed by atoms with Crippen LogP contribution in [0.25, 0.3) is 0 Å². The Hall–Kier alpha value is -3.28. The van der Waals surface area contributed by atoms with E-state index in [4.69, 9.17) is 16.3 Å². The van der Waals surface area contributed by atoms with Crippen molar-refractivity contribution in [3.05, 3.63) is 58.6 Å². The summed E-state index contributed by atoms with van der Waals surface area (Å²) in [6, 6.07) is 8.80. The van der Waals surface area contributed by atoms with Gasteiger partial charge in [-0.25, -0.2) is 17.5 Å². The monoisotopic (exact) mass is 493 g/mol. The highest BCUT2D eigenvalue weighted by Crippen LogP contribution is 2.27. The van der Waals surface area contributed by atoms with E-state index < -0.39 is 46.4 Å². The van der Waals surface area contributed by atoms with Crippen LogP contribution in [0.1, 0.15) is 27.6 Å². The number of hydrogen-bond acceptors (Lipinski definition) is 7. The average molecular weight is 494 g/mol. The van der Waals surface area contributed by atoms with Crippen molar-refractivity contribution >= 4 is 51.0 Å². The zero-order valence-corrected chi connectivity index (χ0v) is 19.4. The lowest BCUT2D eigenvalue weighted by Gasteiger charge is -2.20. The zero-order chi connectivity index (χ0) is 24.5. The van der Waals surface area contributed by atoms with E-state index in [1.54, 1.807) is 12.1 Å². The van der Waals surface area contributed by atoms with Crippen LogP contribution in [0.4, 0.5) is 5.69 Å². The summed E-state index contributed by atoms with van der Waals surface area (Å²) in [7, 11) is -1.17. The van der Waals surface area contributed by atoms with E-state index in [1.807, 2.05) is 0 Å². The molecule has 0 radical (unpaired) electrons. The number of anilines is 1. The van der Waals surface area contributed by atoms with Gasteiger partial charge < -0.3 is 10.1 Å². The fourth-order valence-corrected chi connectivity index (χ4v) is 4.49. The van der Waals surface area contributed by atoms with Gasteiger partial charge >= 0.3 is 5.97 Å². The molecule has 0 saturated carbocycles. The van der Waals surface area contributed by atoms with E-state index in [2.05, 4.69) is 5.32 Å². The van der Waals surface area contributed by atoms with Crippen LogP contribution in [0.2, 0.25) is 5.02 Å². The predicted molar refractivity (Wildman–Crippen MR) is 118 cm³/mol. The molecule has 1 aliphatic rings. The van der Waals surface area contributed by atoms with E-state index in [0.717, 1.165) is 9.21 Å². The summed E-state index contributed by atoms with van der Waals surface area (Å²) in [6.07, 6.45) is 0. The molecule has 3 rings (SSSR count). The van der Waals surface area contributed by atoms with Gasteiger partial charge in [-0.15, -0.1) is 0 Å². The quantitative estimate of drug-likeness (QED) is 0.459. The second-order valence-corrected chi connectivity index (χ2v) is 9.82. The van der Waals surface area contributed by atoms with Gasteiger partial charge in [0.15, 0.2) is 6.61 Å². The summed E-state index contributed by atoms with van der Waals surface area (Å²) in [4.78, 5) is 50.1. The van der Waals surface area contributed by atoms with Crippen molar-refractivity contribution in [2.24, 2.45) is 0 Å². The fraction of sp³-hybridized carbons (Fsp3) is 0.238. The van der Waals surface area contributed by atoms with E-state index in [9.17, 15) is 27.6 Å². The number of esters is 1. The summed E-state index contributed by atoms with van der Waals surface area (Å²) in [5.74, 6) is -2.96. The molecule has 1 heterocycles. The molecule has 0 aliphatic carbocycles. The highest BCUT2D eigenvalue weighted by atomic mass is 35.5. The molecule has 2 aromatic rings. The molecule has 1 N–H and O–H groups in total. The number of hydrogen-bond donors (Lipinski definition) is 1. The van der Waals surface area contributed by atoms with E-state index in [-0.39, 0.29) is 26.7 Å². The lowest BCUT2D eigenvalue weighted by molar-refractivity contribution is -0.150. The molecule has 0 fully saturated rings. The van der Waals surface area contributed by atoms with Crippen LogP contribution in [0.5, 0.6) is 0 Å². The first-order valence-electron chi connectivity index (χ1n) is 9.60. The number of nitrogens with zero attached hydrogens (tertiary/aromatic N) is 2. The smallest absolute Gasteiger partial charge is 0.329 e. The minimum Gasteiger partial charge on any atom is -0.454 e. The maximum absolute atomic E-state index is 12.5. The van der Waals surface area contributed by atoms with Crippen LogP contribution < -0.4 is 5.32 Å². The fourth-order valence-electron chi connectivity index (χ4n) is 3.09. The molecule has 0 saturated heterocycles. The number of nitrogens with one attached hydrogen (secondary N) is 1. The van der Waals surface area contributed by atoms with Crippen molar-refractivity contribution in [3.63, 3.8) is 0 Å². The van der Waals surface area contributed by atoms with Crippen molar-refractivity contribution in [1.82, 2.24) is 9.21 Å². The third-order valence-corrected chi connectivity index (χ3v) is 7.17. The minimum atomic E-state index is -3.85. The maximum Gasteiger partial charge on any atom is 0.329 e. The molecule has 1 atom stereocenters. The van der Waals surface area contributed by atoms with Crippen LogP contribution in [0, 0.1) is 0 Å². The second kappa shape index (κ2) is 9.30. The molecule has 1 aliphatic heterocycles. The number of fused-ring (bicyclic) bond motifs is 1. The molecule has 10 nitrogen and oxygen atoms in total. The number of ether oxygens (including phenoxy) is 1. The Labute approximate surface area is 195 Å². The lowest BCUT2D eigenvalue weighted by atomic mass is 10.1. The molecular formula is C21H20ClN3O7S. The van der Waals surface area contributed by atoms with Gasteiger partial charge in [-0.2, -0.15) is 0 Å². The summed E-state index contributed by atoms with van der Waals surface area (Å²) in [5.41, 5.74) is 0.492. The number of sulfonamides is 1. The van der Waals surface area contributed by atoms with Gasteiger partial charge in [0, 0.05) is 19.8 Å². The average Bonchev–Trinajstić information content (AvgIpc) is 3.03. The number of amides is 3. The highest BCUT2D eigenvalue weighted by Gasteiger charge is 2.41. The van der Waals surface area contributed by atoms with Crippen LogP contribution in [0.3, 0.4) is 0 Å². The van der Waals surface area contributed by atoms with Crippen LogP contribution in [-0.4, -0.2) is 68.1 Å². The normalized spacial score (nSPS) is 14.3. The Morgan fingerprint density at radius 2 is 1.67 bits per heavy atom. The Morgan fingerprint density at radius 1 is 1.09 bits per heavy atom. The largest absolute Gasteiger partial charge is 0.454 e. The lowest BCUT2D eigenvalue weighted by Crippen LogP contribution is -2.44. The third-order valence-electron chi connectivity index (χ3n) is 4.87. The molecular weight excluding hydrogens is 474 g/mol. The van der Waals surface area contributed by atoms with Gasteiger partial charge in [0.05, 0.1) is 16.1 Å². The zero-order valence-electron chi connectivity index (χ0n) is 17.9. The van der Waals surface area contributed by atoms with Crippen LogP contribution >= 0.6 is 11.6 Å². The van der Waals surface area contributed by atoms with Crippen molar-refractivity contribution in [3.8, 4) is 0 Å². The van der Waals surface area contributed by atoms with Crippen molar-refractivity contribution < 1.29 is 32.3 Å². The molecule has 0 aromatic heterocycles. The van der Waals surface area contributed by atoms with Gasteiger partial charge in [-0.05, 0) is 37.3 Å². The Balaban J connectivity index is 1.63. The summed E-state index contributed by atoms with van der Waals surface area (Å²) >= 11 is 5.97. The Kier molecular flexibility index (Phi) is 6.86. The molecule has 2 aromatic carbocycles. The number of carbonyl (C=O) groups is 4. The number of benzene rings is 2. The Morgan fingerprint density at radius 3 is 2.21 bits per heavy atom. The second-order valence-electron chi connectivity index (χ2n) is 7.29. The molecule has 174 valence electrons. The van der Waals surface area contributed by atoms with Crippen LogP contribution in [0.15, 0.2) is 47.4 Å². The van der Waals surface area contributed by atoms with Gasteiger partial charge in [-0.1, -0.05) is 23.7 Å². The first-order chi connectivity index (χ1) is 15.4. The third kappa shape index (κ3) is 4.75. The Bertz CT molecular complexity index is 1230. The first kappa shape index (κ1) is 24.4. The summed E-state index contributed by atoms with van der Waals surface area (Å²) in [5, 5.41) is 2.39. The predicted octanol–water partition coefficient (Wildman–Crippen LogP) is 1.76. The van der Waals surface area contributed by atoms with Gasteiger partial charge in [0.25, 0.3) is 17.7 Å². The van der Waals surface area contributed by atoms with Crippen LogP contribution in [-0.2, 0) is 24.3 Å². The summed E-state index contributed by atoms with van der Waals surface area (Å²) < 4.78 is 30.6. The van der Waals surface area contributed by atoms with Gasteiger partial charge in [-0.3, -0.25) is 19.3 Å². The number of rotatable bonds is 7. The minimum absolute atomic E-state index is 0.0251. The molecule has 12 heteroatoms. The topological polar surface area (TPSA) is 130 Å². The van der Waals surface area contributed by atoms with E-state index >= 15 is 0 Å². The van der Waals surface area contributed by atoms with Gasteiger partial charge in [0.2, 0.25) is 10.0 Å². The van der Waals surface area contributed by atoms with E-state index in [1.165, 1.54) is 51.4 Å². The number of carbonyl (C=O) groups excluding carboxylic acids is 4. The van der Waals surface area contributed by atoms with Crippen molar-refractivity contribution in [2.45, 2.75) is 17.9 Å². The SMILES string of the molecule is CC(C(=O)OCC(=O)Nc1ccc(Cl)c(S(=O)(=O)N(C)C)c1)N1C(=O)c2ccccc2C1=O. The number of imide groups is 1. The molecule has 33 heavy (non-hydrogen) atoms.